The average molecular weight is 781 g/mol. The Bertz CT molecular complexity index is 1860. The molecule has 0 unspecified atom stereocenters. The molecule has 2 nitrogen and oxygen atoms in total. The maximum Gasteiger partial charge on any atom is 0.0452 e. The van der Waals surface area contributed by atoms with Crippen molar-refractivity contribution >= 4 is 59.2 Å². The summed E-state index contributed by atoms with van der Waals surface area (Å²) in [4.78, 5) is 2.46. The van der Waals surface area contributed by atoms with Gasteiger partial charge >= 0.3 is 0 Å². The summed E-state index contributed by atoms with van der Waals surface area (Å²) in [5.41, 5.74) is 13.3. The number of hydrogen-bond acceptors (Lipinski definition) is 2. The molecule has 0 amide bonds. The summed E-state index contributed by atoms with van der Waals surface area (Å²) in [6.07, 6.45) is 0. The summed E-state index contributed by atoms with van der Waals surface area (Å²) in [6, 6.07) is 51.0. The Morgan fingerprint density at radius 1 is 0.511 bits per heavy atom. The van der Waals surface area contributed by atoms with Crippen LogP contribution in [0, 0.1) is 0 Å². The van der Waals surface area contributed by atoms with E-state index in [2.05, 4.69) is 185 Å². The third kappa shape index (κ3) is 7.44. The molecule has 0 radical (unpaired) electrons. The third-order valence-corrected chi connectivity index (χ3v) is 10.2. The van der Waals surface area contributed by atoms with Crippen LogP contribution in [0.15, 0.2) is 155 Å². The first kappa shape index (κ1) is 31.3. The summed E-state index contributed by atoms with van der Waals surface area (Å²) in [5, 5.41) is 4.33. The zero-order valence-corrected chi connectivity index (χ0v) is 29.5. The number of hydrogen-bond donors (Lipinski definition) is 1. The van der Waals surface area contributed by atoms with Crippen LogP contribution >= 0.6 is 47.8 Å². The fourth-order valence-corrected chi connectivity index (χ4v) is 7.47. The van der Waals surface area contributed by atoms with Crippen molar-refractivity contribution in [2.45, 2.75) is 25.0 Å². The maximum atomic E-state index is 3.67. The smallest absolute Gasteiger partial charge is 0.0452 e. The minimum atomic E-state index is 0.909. The lowest BCUT2D eigenvalue weighted by Gasteiger charge is -2.33. The van der Waals surface area contributed by atoms with Gasteiger partial charge in [-0.2, -0.15) is 0 Å². The highest BCUT2D eigenvalue weighted by molar-refractivity contribution is 9.11. The van der Waals surface area contributed by atoms with Gasteiger partial charge in [0, 0.05) is 56.4 Å². The van der Waals surface area contributed by atoms with E-state index in [9.17, 15) is 0 Å². The first-order chi connectivity index (χ1) is 22.1. The van der Waals surface area contributed by atoms with Crippen molar-refractivity contribution in [2.75, 3.05) is 10.2 Å². The van der Waals surface area contributed by atoms with Crippen molar-refractivity contribution < 1.29 is 0 Å². The van der Waals surface area contributed by atoms with E-state index >= 15 is 0 Å². The number of fused-ring (bicyclic) bond motifs is 6. The van der Waals surface area contributed by atoms with Crippen LogP contribution < -0.4 is 10.2 Å². The van der Waals surface area contributed by atoms with E-state index in [1.165, 1.54) is 64.8 Å². The Morgan fingerprint density at radius 2 is 1.02 bits per heavy atom. The summed E-state index contributed by atoms with van der Waals surface area (Å²) in [7, 11) is 0. The van der Waals surface area contributed by atoms with Crippen molar-refractivity contribution in [3.8, 4) is 22.3 Å². The quantitative estimate of drug-likeness (QED) is 0.180. The number of anilines is 2. The number of alkyl halides is 1. The van der Waals surface area contributed by atoms with Crippen LogP contribution in [0.1, 0.15) is 22.3 Å². The first-order valence-corrected chi connectivity index (χ1v) is 17.7. The van der Waals surface area contributed by atoms with Crippen molar-refractivity contribution in [3.05, 3.63) is 177 Å². The van der Waals surface area contributed by atoms with Crippen LogP contribution in [0.4, 0.5) is 11.4 Å². The molecule has 224 valence electrons. The molecule has 8 rings (SSSR count). The van der Waals surface area contributed by atoms with Gasteiger partial charge < -0.3 is 10.2 Å². The number of para-hydroxylation sites is 2. The highest BCUT2D eigenvalue weighted by Crippen LogP contribution is 2.40. The summed E-state index contributed by atoms with van der Waals surface area (Å²) in [6.45, 7) is 2.80. The molecule has 0 atom stereocenters. The molecule has 0 fully saturated rings. The Balaban J connectivity index is 0.000000132. The van der Waals surface area contributed by atoms with Gasteiger partial charge in [-0.3, -0.25) is 0 Å². The SMILES string of the molecule is BrCc1ccccc1Br.Brc1ccccc1CN1Cc2ccccc2-c2ccccc21.c1ccc2c(c1)CNc1ccccc1-2. The average Bonchev–Trinajstić information content (AvgIpc) is 3.10. The lowest BCUT2D eigenvalue weighted by molar-refractivity contribution is 0.790. The molecular weight excluding hydrogens is 748 g/mol. The monoisotopic (exact) mass is 778 g/mol. The van der Waals surface area contributed by atoms with Gasteiger partial charge in [-0.1, -0.05) is 169 Å². The molecule has 2 heterocycles. The van der Waals surface area contributed by atoms with Gasteiger partial charge in [0.2, 0.25) is 0 Å². The van der Waals surface area contributed by atoms with Crippen LogP contribution in [0.3, 0.4) is 0 Å². The fourth-order valence-electron chi connectivity index (χ4n) is 5.77. The van der Waals surface area contributed by atoms with Crippen LogP contribution in [-0.4, -0.2) is 0 Å². The lowest BCUT2D eigenvalue weighted by atomic mass is 9.93. The molecule has 2 aliphatic heterocycles. The number of nitrogens with zero attached hydrogens (tertiary/aromatic N) is 1. The Morgan fingerprint density at radius 3 is 1.69 bits per heavy atom. The van der Waals surface area contributed by atoms with Crippen LogP contribution in [0.25, 0.3) is 22.3 Å². The molecule has 6 aromatic carbocycles. The zero-order chi connectivity index (χ0) is 31.0. The highest BCUT2D eigenvalue weighted by Gasteiger charge is 2.21. The summed E-state index contributed by atoms with van der Waals surface area (Å²) >= 11 is 10.5. The molecule has 0 spiro atoms. The molecule has 0 saturated carbocycles. The van der Waals surface area contributed by atoms with Crippen molar-refractivity contribution in [1.82, 2.24) is 0 Å². The number of nitrogens with one attached hydrogen (secondary N) is 1. The van der Waals surface area contributed by atoms with E-state index in [0.717, 1.165) is 25.0 Å². The lowest BCUT2D eigenvalue weighted by Crippen LogP contribution is -2.26. The Hall–Kier alpha value is -3.64. The van der Waals surface area contributed by atoms with Gasteiger partial charge in [0.25, 0.3) is 0 Å². The number of halogens is 3. The first-order valence-electron chi connectivity index (χ1n) is 15.0. The van der Waals surface area contributed by atoms with E-state index in [4.69, 9.17) is 0 Å². The van der Waals surface area contributed by atoms with Crippen LogP contribution in [0.5, 0.6) is 0 Å². The van der Waals surface area contributed by atoms with Gasteiger partial charge in [0.05, 0.1) is 0 Å². The molecule has 5 heteroatoms. The normalized spacial score (nSPS) is 12.0. The molecule has 0 bridgehead atoms. The summed E-state index contributed by atoms with van der Waals surface area (Å²) in [5.74, 6) is 0. The number of rotatable bonds is 3. The second-order valence-corrected chi connectivity index (χ2v) is 13.2. The van der Waals surface area contributed by atoms with Gasteiger partial charge in [0.1, 0.15) is 0 Å². The minimum absolute atomic E-state index is 0.909. The molecule has 1 N–H and O–H groups in total. The predicted molar refractivity (Wildman–Crippen MR) is 202 cm³/mol. The standard InChI is InChI=1S/C20H16BrN.C13H11N.C7H6Br2/c21-19-11-5-2-8-16(19)14-22-13-15-7-1-3-9-17(15)18-10-4-6-12-20(18)22;1-2-6-11-10(5-1)9-14-13-8-4-3-7-12(11)13;8-5-6-3-1-2-4-7(6)9/h1-12H,13-14H2;1-8,14H,9H2;1-4H,5H2. The van der Waals surface area contributed by atoms with Gasteiger partial charge in [-0.05, 0) is 57.6 Å². The zero-order valence-electron chi connectivity index (χ0n) is 24.8. The largest absolute Gasteiger partial charge is 0.380 e. The molecular formula is C40H33Br3N2. The van der Waals surface area contributed by atoms with Crippen molar-refractivity contribution in [2.24, 2.45) is 0 Å². The predicted octanol–water partition coefficient (Wildman–Crippen LogP) is 12.3. The van der Waals surface area contributed by atoms with Crippen molar-refractivity contribution in [3.63, 3.8) is 0 Å². The molecule has 6 aromatic rings. The molecule has 2 aliphatic rings. The van der Waals surface area contributed by atoms with Crippen LogP contribution in [-0.2, 0) is 25.0 Å². The minimum Gasteiger partial charge on any atom is -0.380 e. The molecule has 45 heavy (non-hydrogen) atoms. The molecule has 0 saturated heterocycles. The van der Waals surface area contributed by atoms with Crippen LogP contribution in [0.2, 0.25) is 0 Å². The van der Waals surface area contributed by atoms with Crippen molar-refractivity contribution in [1.29, 1.82) is 0 Å². The van der Waals surface area contributed by atoms with E-state index < -0.39 is 0 Å². The van der Waals surface area contributed by atoms with E-state index in [1.54, 1.807) is 0 Å². The van der Waals surface area contributed by atoms with Gasteiger partial charge in [0.15, 0.2) is 0 Å². The number of benzene rings is 6. The fraction of sp³-hybridized carbons (Fsp3) is 0.100. The molecule has 0 aliphatic carbocycles. The second-order valence-electron chi connectivity index (χ2n) is 10.9. The van der Waals surface area contributed by atoms with E-state index in [-0.39, 0.29) is 0 Å². The Kier molecular flexibility index (Phi) is 10.5. The van der Waals surface area contributed by atoms with Gasteiger partial charge in [-0.25, -0.2) is 0 Å². The van der Waals surface area contributed by atoms with E-state index in [0.29, 0.717) is 0 Å². The third-order valence-electron chi connectivity index (χ3n) is 8.04. The van der Waals surface area contributed by atoms with Gasteiger partial charge in [-0.15, -0.1) is 0 Å². The summed E-state index contributed by atoms with van der Waals surface area (Å²) < 4.78 is 2.34. The maximum absolute atomic E-state index is 3.67. The Labute approximate surface area is 291 Å². The topological polar surface area (TPSA) is 15.3 Å². The highest BCUT2D eigenvalue weighted by atomic mass is 79.9. The second kappa shape index (κ2) is 15.1. The van der Waals surface area contributed by atoms with E-state index in [1.807, 2.05) is 18.2 Å². The molecule has 0 aromatic heterocycles.